The van der Waals surface area contributed by atoms with E-state index in [0.29, 0.717) is 0 Å². The van der Waals surface area contributed by atoms with Gasteiger partial charge in [0, 0.05) is 56.5 Å². The van der Waals surface area contributed by atoms with Gasteiger partial charge in [0.1, 0.15) is 0 Å². The Morgan fingerprint density at radius 3 is 2.00 bits per heavy atom. The summed E-state index contributed by atoms with van der Waals surface area (Å²) in [5.74, 6) is 0. The van der Waals surface area contributed by atoms with Crippen LogP contribution >= 0.6 is 0 Å². The third-order valence-electron chi connectivity index (χ3n) is 10.6. The molecular weight excluding hydrogens is 595 g/mol. The van der Waals surface area contributed by atoms with Gasteiger partial charge in [0.2, 0.25) is 0 Å². The largest absolute Gasteiger partial charge is 0.264 e. The number of pyridine rings is 3. The molecule has 1 aliphatic carbocycles. The number of hydrogen-bond acceptors (Lipinski definition) is 3. The standard InChI is InChI=1S/C46H31N3/c1-46(2)39-25-31(17-19-35(39)36-20-18-32(26-40(36)46)34-11-6-22-47-27-34)30-8-5-9-33(24-30)44-38-21-16-28-14-15-29-10-7-23-48-45(29)42(28)43(38)37-12-3-4-13-41(37)49-44/h3-27H,1-2H3. The summed E-state index contributed by atoms with van der Waals surface area (Å²) >= 11 is 0. The number of benzene rings is 6. The molecule has 0 unspecified atom stereocenters. The molecule has 0 atom stereocenters. The predicted molar refractivity (Wildman–Crippen MR) is 204 cm³/mol. The predicted octanol–water partition coefficient (Wildman–Crippen LogP) is 11.8. The Kier molecular flexibility index (Phi) is 5.92. The van der Waals surface area contributed by atoms with E-state index in [2.05, 4.69) is 140 Å². The van der Waals surface area contributed by atoms with E-state index in [9.17, 15) is 0 Å². The van der Waals surface area contributed by atoms with Crippen molar-refractivity contribution in [1.82, 2.24) is 15.0 Å². The first-order valence-corrected chi connectivity index (χ1v) is 16.8. The topological polar surface area (TPSA) is 38.7 Å². The van der Waals surface area contributed by atoms with Crippen molar-refractivity contribution < 1.29 is 0 Å². The first kappa shape index (κ1) is 27.9. The van der Waals surface area contributed by atoms with Gasteiger partial charge in [0.15, 0.2) is 0 Å². The number of hydrogen-bond donors (Lipinski definition) is 0. The summed E-state index contributed by atoms with van der Waals surface area (Å²) < 4.78 is 0. The van der Waals surface area contributed by atoms with Gasteiger partial charge in [-0.25, -0.2) is 4.98 Å². The fourth-order valence-corrected chi connectivity index (χ4v) is 8.09. The van der Waals surface area contributed by atoms with Gasteiger partial charge in [-0.05, 0) is 86.3 Å². The van der Waals surface area contributed by atoms with Gasteiger partial charge < -0.3 is 0 Å². The van der Waals surface area contributed by atoms with Gasteiger partial charge in [-0.1, -0.05) is 111 Å². The lowest BCUT2D eigenvalue weighted by Crippen LogP contribution is -2.15. The van der Waals surface area contributed by atoms with Crippen molar-refractivity contribution in [2.75, 3.05) is 0 Å². The average molecular weight is 626 g/mol. The van der Waals surface area contributed by atoms with E-state index in [0.717, 1.165) is 44.0 Å². The van der Waals surface area contributed by atoms with Gasteiger partial charge in [-0.3, -0.25) is 9.97 Å². The molecule has 3 nitrogen and oxygen atoms in total. The molecule has 0 fully saturated rings. The lowest BCUT2D eigenvalue weighted by molar-refractivity contribution is 0.661. The summed E-state index contributed by atoms with van der Waals surface area (Å²) in [5.41, 5.74) is 14.0. The first-order valence-electron chi connectivity index (χ1n) is 16.8. The highest BCUT2D eigenvalue weighted by molar-refractivity contribution is 6.28. The van der Waals surface area contributed by atoms with Crippen LogP contribution in [-0.2, 0) is 5.41 Å². The van der Waals surface area contributed by atoms with Gasteiger partial charge in [-0.15, -0.1) is 0 Å². The van der Waals surface area contributed by atoms with Crippen LogP contribution in [0.15, 0.2) is 152 Å². The maximum Gasteiger partial charge on any atom is 0.0788 e. The Labute approximate surface area is 284 Å². The van der Waals surface area contributed by atoms with Gasteiger partial charge in [-0.2, -0.15) is 0 Å². The van der Waals surface area contributed by atoms with Crippen LogP contribution in [0.4, 0.5) is 0 Å². The number of fused-ring (bicyclic) bond motifs is 10. The summed E-state index contributed by atoms with van der Waals surface area (Å²) in [5, 5.41) is 6.99. The van der Waals surface area contributed by atoms with E-state index in [4.69, 9.17) is 9.97 Å². The van der Waals surface area contributed by atoms with Crippen LogP contribution < -0.4 is 0 Å². The van der Waals surface area contributed by atoms with Gasteiger partial charge >= 0.3 is 0 Å². The van der Waals surface area contributed by atoms with Crippen molar-refractivity contribution in [3.63, 3.8) is 0 Å². The molecule has 3 heterocycles. The van der Waals surface area contributed by atoms with Crippen molar-refractivity contribution in [2.24, 2.45) is 0 Å². The molecule has 9 aromatic rings. The second-order valence-corrected chi connectivity index (χ2v) is 13.7. The number of rotatable bonds is 3. The third kappa shape index (κ3) is 4.19. The quantitative estimate of drug-likeness (QED) is 0.183. The molecule has 0 spiro atoms. The number of nitrogens with zero attached hydrogens (tertiary/aromatic N) is 3. The summed E-state index contributed by atoms with van der Waals surface area (Å²) in [6.45, 7) is 4.69. The zero-order chi connectivity index (χ0) is 32.7. The molecule has 3 aromatic heterocycles. The molecule has 1 aliphatic rings. The highest BCUT2D eigenvalue weighted by Gasteiger charge is 2.36. The highest BCUT2D eigenvalue weighted by atomic mass is 14.7. The molecule has 6 aromatic carbocycles. The molecule has 0 saturated heterocycles. The minimum atomic E-state index is -0.134. The maximum atomic E-state index is 5.31. The Balaban J connectivity index is 1.13. The van der Waals surface area contributed by atoms with Crippen LogP contribution in [0.2, 0.25) is 0 Å². The second-order valence-electron chi connectivity index (χ2n) is 13.7. The SMILES string of the molecule is CC1(C)c2cc(-c3cccnc3)ccc2-c2ccc(-c3cccc(-c4nc5ccccc5c5c4ccc4ccc6cccnc6c45)c3)cc21. The normalized spacial score (nSPS) is 13.3. The van der Waals surface area contributed by atoms with Crippen LogP contribution in [0, 0.1) is 0 Å². The van der Waals surface area contributed by atoms with Crippen molar-refractivity contribution in [3.05, 3.63) is 163 Å². The molecule has 0 aliphatic heterocycles. The maximum absolute atomic E-state index is 5.31. The van der Waals surface area contributed by atoms with Crippen LogP contribution in [0.5, 0.6) is 0 Å². The lowest BCUT2D eigenvalue weighted by Gasteiger charge is -2.22. The average Bonchev–Trinajstić information content (AvgIpc) is 3.39. The van der Waals surface area contributed by atoms with Gasteiger partial charge in [0.05, 0.1) is 16.7 Å². The first-order chi connectivity index (χ1) is 24.0. The highest BCUT2D eigenvalue weighted by Crippen LogP contribution is 2.51. The Morgan fingerprint density at radius 2 is 1.18 bits per heavy atom. The van der Waals surface area contributed by atoms with Crippen molar-refractivity contribution in [1.29, 1.82) is 0 Å². The van der Waals surface area contributed by atoms with Crippen LogP contribution in [0.1, 0.15) is 25.0 Å². The second kappa shape index (κ2) is 10.4. The molecular formula is C46H31N3. The minimum Gasteiger partial charge on any atom is -0.264 e. The summed E-state index contributed by atoms with van der Waals surface area (Å²) in [7, 11) is 0. The van der Waals surface area contributed by atoms with Crippen molar-refractivity contribution in [3.8, 4) is 44.6 Å². The van der Waals surface area contributed by atoms with Crippen molar-refractivity contribution >= 4 is 43.4 Å². The Hall–Kier alpha value is -6.19. The van der Waals surface area contributed by atoms with E-state index < -0.39 is 0 Å². The molecule has 3 heteroatoms. The minimum absolute atomic E-state index is 0.134. The fraction of sp³-hybridized carbons (Fsp3) is 0.0652. The molecule has 0 saturated carbocycles. The van der Waals surface area contributed by atoms with E-state index >= 15 is 0 Å². The van der Waals surface area contributed by atoms with E-state index in [1.807, 2.05) is 30.7 Å². The van der Waals surface area contributed by atoms with Crippen molar-refractivity contribution in [2.45, 2.75) is 19.3 Å². The Bertz CT molecular complexity index is 2800. The molecule has 49 heavy (non-hydrogen) atoms. The Morgan fingerprint density at radius 1 is 0.490 bits per heavy atom. The molecule has 230 valence electrons. The lowest BCUT2D eigenvalue weighted by atomic mass is 9.81. The third-order valence-corrected chi connectivity index (χ3v) is 10.6. The number of para-hydroxylation sites is 1. The van der Waals surface area contributed by atoms with Crippen LogP contribution in [-0.4, -0.2) is 15.0 Å². The van der Waals surface area contributed by atoms with Crippen LogP contribution in [0.25, 0.3) is 88.0 Å². The van der Waals surface area contributed by atoms with E-state index in [-0.39, 0.29) is 5.41 Å². The zero-order valence-electron chi connectivity index (χ0n) is 27.3. The molecule has 0 bridgehead atoms. The summed E-state index contributed by atoms with van der Waals surface area (Å²) in [6.07, 6.45) is 5.66. The smallest absolute Gasteiger partial charge is 0.0788 e. The summed E-state index contributed by atoms with van der Waals surface area (Å²) in [6, 6.07) is 48.3. The fourth-order valence-electron chi connectivity index (χ4n) is 8.09. The van der Waals surface area contributed by atoms with Gasteiger partial charge in [0.25, 0.3) is 0 Å². The molecule has 0 N–H and O–H groups in total. The van der Waals surface area contributed by atoms with E-state index in [1.165, 1.54) is 55.1 Å². The molecule has 10 rings (SSSR count). The zero-order valence-corrected chi connectivity index (χ0v) is 27.3. The monoisotopic (exact) mass is 625 g/mol. The molecule has 0 radical (unpaired) electrons. The summed E-state index contributed by atoms with van der Waals surface area (Å²) in [4.78, 5) is 14.5. The van der Waals surface area contributed by atoms with Crippen LogP contribution in [0.3, 0.4) is 0 Å². The number of aromatic nitrogens is 3. The van der Waals surface area contributed by atoms with E-state index in [1.54, 1.807) is 0 Å². The molecule has 0 amide bonds.